The van der Waals surface area contributed by atoms with Crippen molar-refractivity contribution < 1.29 is 4.74 Å². The number of aromatic nitrogens is 1. The van der Waals surface area contributed by atoms with Crippen LogP contribution in [0.1, 0.15) is 38.7 Å². The quantitative estimate of drug-likeness (QED) is 0.627. The lowest BCUT2D eigenvalue weighted by Gasteiger charge is -2.25. The number of guanidine groups is 1. The number of ether oxygens (including phenoxy) is 1. The third kappa shape index (κ3) is 4.43. The summed E-state index contributed by atoms with van der Waals surface area (Å²) in [5.74, 6) is 1.15. The Hall–Kier alpha value is -1.78. The molecular weight excluding hydrogens is 240 g/mol. The van der Waals surface area contributed by atoms with Crippen molar-refractivity contribution in [2.75, 3.05) is 0 Å². The zero-order valence-corrected chi connectivity index (χ0v) is 11.6. The smallest absolute Gasteiger partial charge is 0.213 e. The van der Waals surface area contributed by atoms with Gasteiger partial charge >= 0.3 is 0 Å². The molecule has 1 aliphatic carbocycles. The number of aliphatic imine (C=N–C) groups is 1. The highest BCUT2D eigenvalue weighted by molar-refractivity contribution is 5.78. The Morgan fingerprint density at radius 3 is 3.00 bits per heavy atom. The second-order valence-electron chi connectivity index (χ2n) is 5.17. The van der Waals surface area contributed by atoms with Crippen molar-refractivity contribution in [3.63, 3.8) is 0 Å². The van der Waals surface area contributed by atoms with Gasteiger partial charge in [0.05, 0.1) is 6.54 Å². The van der Waals surface area contributed by atoms with Gasteiger partial charge in [0.2, 0.25) is 5.88 Å². The van der Waals surface area contributed by atoms with E-state index in [0.717, 1.165) is 18.4 Å². The maximum absolute atomic E-state index is 5.76. The van der Waals surface area contributed by atoms with Crippen molar-refractivity contribution in [3.8, 4) is 5.88 Å². The Kier molecular flexibility index (Phi) is 4.60. The van der Waals surface area contributed by atoms with E-state index >= 15 is 0 Å². The molecule has 0 atom stereocenters. The lowest BCUT2D eigenvalue weighted by Crippen LogP contribution is -2.36. The normalized spacial score (nSPS) is 16.3. The minimum Gasteiger partial charge on any atom is -0.474 e. The summed E-state index contributed by atoms with van der Waals surface area (Å²) in [4.78, 5) is 8.51. The van der Waals surface area contributed by atoms with Crippen molar-refractivity contribution >= 4 is 5.96 Å². The Labute approximate surface area is 114 Å². The summed E-state index contributed by atoms with van der Waals surface area (Å²) >= 11 is 0. The van der Waals surface area contributed by atoms with Crippen molar-refractivity contribution in [1.29, 1.82) is 0 Å². The summed E-state index contributed by atoms with van der Waals surface area (Å²) < 4.78 is 5.76. The number of nitrogens with zero attached hydrogens (tertiary/aromatic N) is 2. The van der Waals surface area contributed by atoms with Gasteiger partial charge in [-0.2, -0.15) is 0 Å². The maximum Gasteiger partial charge on any atom is 0.213 e. The average molecular weight is 262 g/mol. The number of pyridine rings is 1. The molecule has 1 aromatic heterocycles. The maximum atomic E-state index is 5.76. The zero-order valence-electron chi connectivity index (χ0n) is 11.6. The SMILES string of the molecule is CC(C)NC(N)=NCc1ccnc(OC2CCC2)c1. The standard InChI is InChI=1S/C14H22N4O/c1-10(2)18-14(15)17-9-11-6-7-16-13(8-11)19-12-4-3-5-12/h6-8,10,12H,3-5,9H2,1-2H3,(H3,15,17,18). The summed E-state index contributed by atoms with van der Waals surface area (Å²) in [6.07, 6.45) is 5.63. The fraction of sp³-hybridized carbons (Fsp3) is 0.571. The summed E-state index contributed by atoms with van der Waals surface area (Å²) in [7, 11) is 0. The molecule has 0 amide bonds. The van der Waals surface area contributed by atoms with Crippen LogP contribution in [0.2, 0.25) is 0 Å². The molecule has 0 unspecified atom stereocenters. The van der Waals surface area contributed by atoms with Gasteiger partial charge in [-0.15, -0.1) is 0 Å². The molecule has 3 N–H and O–H groups in total. The molecule has 5 nitrogen and oxygen atoms in total. The summed E-state index contributed by atoms with van der Waals surface area (Å²) in [6, 6.07) is 4.16. The van der Waals surface area contributed by atoms with Crippen molar-refractivity contribution in [1.82, 2.24) is 10.3 Å². The molecule has 0 aliphatic heterocycles. The topological polar surface area (TPSA) is 72.5 Å². The highest BCUT2D eigenvalue weighted by Crippen LogP contribution is 2.24. The Bertz CT molecular complexity index is 441. The van der Waals surface area contributed by atoms with Gasteiger partial charge in [0, 0.05) is 18.3 Å². The molecular formula is C14H22N4O. The molecule has 1 aliphatic rings. The second kappa shape index (κ2) is 6.41. The first-order chi connectivity index (χ1) is 9.13. The number of hydrogen-bond donors (Lipinski definition) is 2. The van der Waals surface area contributed by atoms with E-state index in [1.165, 1.54) is 6.42 Å². The van der Waals surface area contributed by atoms with Gasteiger partial charge in [-0.25, -0.2) is 9.98 Å². The van der Waals surface area contributed by atoms with E-state index in [0.29, 0.717) is 30.5 Å². The van der Waals surface area contributed by atoms with Crippen LogP contribution in [0.5, 0.6) is 5.88 Å². The minimum atomic E-state index is 0.290. The minimum absolute atomic E-state index is 0.290. The third-order valence-electron chi connectivity index (χ3n) is 3.01. The van der Waals surface area contributed by atoms with Crippen molar-refractivity contribution in [2.24, 2.45) is 10.7 Å². The first-order valence-corrected chi connectivity index (χ1v) is 6.81. The molecule has 1 heterocycles. The molecule has 104 valence electrons. The molecule has 0 bridgehead atoms. The largest absolute Gasteiger partial charge is 0.474 e. The Morgan fingerprint density at radius 2 is 2.37 bits per heavy atom. The van der Waals surface area contributed by atoms with Gasteiger partial charge < -0.3 is 15.8 Å². The predicted octanol–water partition coefficient (Wildman–Crippen LogP) is 1.83. The van der Waals surface area contributed by atoms with Crippen LogP contribution in [0.3, 0.4) is 0 Å². The average Bonchev–Trinajstić information content (AvgIpc) is 2.31. The number of nitrogens with one attached hydrogen (secondary N) is 1. The van der Waals surface area contributed by atoms with E-state index in [-0.39, 0.29) is 0 Å². The molecule has 19 heavy (non-hydrogen) atoms. The fourth-order valence-electron chi connectivity index (χ4n) is 1.79. The molecule has 0 radical (unpaired) electrons. The van der Waals surface area contributed by atoms with Crippen molar-refractivity contribution in [2.45, 2.75) is 51.8 Å². The van der Waals surface area contributed by atoms with Gasteiger partial charge in [0.1, 0.15) is 6.10 Å². The highest BCUT2D eigenvalue weighted by atomic mass is 16.5. The molecule has 1 fully saturated rings. The predicted molar refractivity (Wildman–Crippen MR) is 76.1 cm³/mol. The molecule has 5 heteroatoms. The van der Waals surface area contributed by atoms with Crippen LogP contribution in [0.25, 0.3) is 0 Å². The highest BCUT2D eigenvalue weighted by Gasteiger charge is 2.19. The molecule has 0 saturated heterocycles. The lowest BCUT2D eigenvalue weighted by molar-refractivity contribution is 0.114. The molecule has 1 saturated carbocycles. The molecule has 1 aromatic rings. The first kappa shape index (κ1) is 13.6. The van der Waals surface area contributed by atoms with Crippen molar-refractivity contribution in [3.05, 3.63) is 23.9 Å². The Morgan fingerprint density at radius 1 is 1.58 bits per heavy atom. The lowest BCUT2D eigenvalue weighted by atomic mass is 9.96. The zero-order chi connectivity index (χ0) is 13.7. The van der Waals surface area contributed by atoms with Gasteiger partial charge in [0.15, 0.2) is 5.96 Å². The van der Waals surface area contributed by atoms with Gasteiger partial charge in [-0.3, -0.25) is 0 Å². The van der Waals surface area contributed by atoms with E-state index in [1.807, 2.05) is 26.0 Å². The monoisotopic (exact) mass is 262 g/mol. The summed E-state index contributed by atoms with van der Waals surface area (Å²) in [6.45, 7) is 4.59. The van der Waals surface area contributed by atoms with E-state index in [4.69, 9.17) is 10.5 Å². The van der Waals surface area contributed by atoms with E-state index < -0.39 is 0 Å². The van der Waals surface area contributed by atoms with Crippen LogP contribution >= 0.6 is 0 Å². The fourth-order valence-corrected chi connectivity index (χ4v) is 1.79. The Balaban J connectivity index is 1.90. The van der Waals surface area contributed by atoms with E-state index in [2.05, 4.69) is 15.3 Å². The first-order valence-electron chi connectivity index (χ1n) is 6.81. The summed E-state index contributed by atoms with van der Waals surface area (Å²) in [5.41, 5.74) is 6.82. The molecule has 0 spiro atoms. The van der Waals surface area contributed by atoms with Crippen LogP contribution in [-0.4, -0.2) is 23.1 Å². The van der Waals surface area contributed by atoms with Crippen LogP contribution < -0.4 is 15.8 Å². The van der Waals surface area contributed by atoms with Crippen LogP contribution in [0.15, 0.2) is 23.3 Å². The van der Waals surface area contributed by atoms with Crippen LogP contribution in [-0.2, 0) is 6.54 Å². The van der Waals surface area contributed by atoms with Gasteiger partial charge in [-0.05, 0) is 44.7 Å². The molecule has 0 aromatic carbocycles. The van der Waals surface area contributed by atoms with E-state index in [9.17, 15) is 0 Å². The number of hydrogen-bond acceptors (Lipinski definition) is 3. The van der Waals surface area contributed by atoms with E-state index in [1.54, 1.807) is 6.20 Å². The van der Waals surface area contributed by atoms with Gasteiger partial charge in [-0.1, -0.05) is 0 Å². The second-order valence-corrected chi connectivity index (χ2v) is 5.17. The van der Waals surface area contributed by atoms with Crippen LogP contribution in [0.4, 0.5) is 0 Å². The number of nitrogens with two attached hydrogens (primary N) is 1. The summed E-state index contributed by atoms with van der Waals surface area (Å²) in [5, 5.41) is 3.06. The van der Waals surface area contributed by atoms with Gasteiger partial charge in [0.25, 0.3) is 0 Å². The number of rotatable bonds is 5. The molecule has 2 rings (SSSR count). The third-order valence-corrected chi connectivity index (χ3v) is 3.01. The van der Waals surface area contributed by atoms with Crippen LogP contribution in [0, 0.1) is 0 Å².